The molecular formula is C21H50O14P2. The van der Waals surface area contributed by atoms with Crippen molar-refractivity contribution in [1.82, 2.24) is 0 Å². The van der Waals surface area contributed by atoms with E-state index in [0.29, 0.717) is 0 Å². The summed E-state index contributed by atoms with van der Waals surface area (Å²) in [4.78, 5) is 22.7. The highest BCUT2D eigenvalue weighted by atomic mass is 31.2. The van der Waals surface area contributed by atoms with E-state index < -0.39 is 39.8 Å². The number of hydrogen-bond acceptors (Lipinski definition) is 14. The molecule has 16 heteroatoms. The van der Waals surface area contributed by atoms with Crippen molar-refractivity contribution in [3.8, 4) is 0 Å². The van der Waals surface area contributed by atoms with Crippen LogP contribution in [0.15, 0.2) is 0 Å². The summed E-state index contributed by atoms with van der Waals surface area (Å²) in [6, 6.07) is 0. The molecule has 37 heavy (non-hydrogen) atoms. The van der Waals surface area contributed by atoms with Crippen LogP contribution < -0.4 is 0 Å². The van der Waals surface area contributed by atoms with E-state index in [1.165, 1.54) is 21.0 Å². The van der Waals surface area contributed by atoms with E-state index in [9.17, 15) is 18.7 Å². The van der Waals surface area contributed by atoms with Crippen molar-refractivity contribution in [3.05, 3.63) is 0 Å². The molecule has 0 radical (unpaired) electrons. The topological polar surface area (TPSA) is 172 Å². The Morgan fingerprint density at radius 2 is 0.973 bits per heavy atom. The van der Waals surface area contributed by atoms with Crippen molar-refractivity contribution >= 4 is 27.6 Å². The summed E-state index contributed by atoms with van der Waals surface area (Å²) in [6.07, 6.45) is -2.06. The number of methoxy groups -OCH3 is 1. The summed E-state index contributed by atoms with van der Waals surface area (Å²) in [5.74, 6) is -1.48. The quantitative estimate of drug-likeness (QED) is 0.121. The van der Waals surface area contributed by atoms with Crippen molar-refractivity contribution < 1.29 is 65.2 Å². The summed E-state index contributed by atoms with van der Waals surface area (Å²) >= 11 is 0. The van der Waals surface area contributed by atoms with Gasteiger partial charge in [-0.05, 0) is 27.7 Å². The van der Waals surface area contributed by atoms with E-state index in [0.717, 1.165) is 0 Å². The summed E-state index contributed by atoms with van der Waals surface area (Å²) in [5.41, 5.74) is 0. The number of carbonyl (C=O) groups is 2. The lowest BCUT2D eigenvalue weighted by Gasteiger charge is -2.19. The lowest BCUT2D eigenvalue weighted by Crippen LogP contribution is -2.23. The zero-order valence-corrected chi connectivity index (χ0v) is 21.2. The molecule has 0 rings (SSSR count). The zero-order valence-electron chi connectivity index (χ0n) is 19.5. The molecule has 0 aliphatic rings. The lowest BCUT2D eigenvalue weighted by molar-refractivity contribution is -0.155. The van der Waals surface area contributed by atoms with Gasteiger partial charge in [0.05, 0.1) is 39.6 Å². The molecule has 0 aromatic heterocycles. The molecule has 0 fully saturated rings. The number of rotatable bonds is 20. The van der Waals surface area contributed by atoms with E-state index in [2.05, 4.69) is 4.74 Å². The number of phosphoric acid groups is 2. The maximum absolute atomic E-state index is 12.5. The van der Waals surface area contributed by atoms with Gasteiger partial charge in [-0.25, -0.2) is 18.7 Å². The van der Waals surface area contributed by atoms with E-state index in [4.69, 9.17) is 41.7 Å². The van der Waals surface area contributed by atoms with Gasteiger partial charge in [-0.15, -0.1) is 0 Å². The number of ether oxygens (including phenoxy) is 3. The average molecular weight is 589 g/mol. The van der Waals surface area contributed by atoms with Crippen molar-refractivity contribution in [2.24, 2.45) is 0 Å². The van der Waals surface area contributed by atoms with Gasteiger partial charge in [0.15, 0.2) is 6.10 Å². The molecule has 0 saturated carbocycles. The molecule has 0 aromatic rings. The monoisotopic (exact) mass is 588 g/mol. The van der Waals surface area contributed by atoms with E-state index in [-0.39, 0.29) is 82.6 Å². The van der Waals surface area contributed by atoms with E-state index in [1.54, 1.807) is 13.8 Å². The molecule has 0 bridgehead atoms. The summed E-state index contributed by atoms with van der Waals surface area (Å²) < 4.78 is 69.6. The number of carbonyl (C=O) groups excluding carboxylic acids is 2. The maximum atomic E-state index is 12.5. The standard InChI is InChI=1S/C17H34O14P2.4CH4/c1-6-26-32(21,28-10-8-24-16(19)14(3)18)30-12-13-31-33(22,27-7-2)29-11-9-25-17(20)15(4)23-5;;;;/h14-15,18H,6-13H2,1-5H3;4*1H4. The largest absolute Gasteiger partial charge is 0.474 e. The minimum atomic E-state index is -4.02. The first-order chi connectivity index (χ1) is 15.5. The minimum Gasteiger partial charge on any atom is -0.461 e. The van der Waals surface area contributed by atoms with Crippen LogP contribution in [0.3, 0.4) is 0 Å². The highest BCUT2D eigenvalue weighted by molar-refractivity contribution is 7.48. The Balaban J connectivity index is -0.000000853. The second-order valence-electron chi connectivity index (χ2n) is 5.95. The second kappa shape index (κ2) is 25.4. The predicted octanol–water partition coefficient (Wildman–Crippen LogP) is 4.39. The molecule has 4 unspecified atom stereocenters. The summed E-state index contributed by atoms with van der Waals surface area (Å²) in [5, 5.41) is 9.03. The van der Waals surface area contributed by atoms with Crippen LogP contribution >= 0.6 is 15.6 Å². The van der Waals surface area contributed by atoms with Crippen LogP contribution in [0.25, 0.3) is 0 Å². The van der Waals surface area contributed by atoms with Crippen molar-refractivity contribution in [1.29, 1.82) is 0 Å². The minimum absolute atomic E-state index is 0. The number of aliphatic hydroxyl groups is 1. The normalized spacial score (nSPS) is 15.1. The van der Waals surface area contributed by atoms with Gasteiger partial charge in [-0.3, -0.25) is 27.1 Å². The molecule has 0 aliphatic carbocycles. The fraction of sp³-hybridized carbons (Fsp3) is 0.905. The van der Waals surface area contributed by atoms with E-state index in [1.807, 2.05) is 0 Å². The Hall–Kier alpha value is -0.920. The van der Waals surface area contributed by atoms with Crippen LogP contribution in [0, 0.1) is 0 Å². The average Bonchev–Trinajstić information content (AvgIpc) is 2.77. The Morgan fingerprint density at radius 1 is 0.649 bits per heavy atom. The maximum Gasteiger partial charge on any atom is 0.474 e. The molecular weight excluding hydrogens is 538 g/mol. The van der Waals surface area contributed by atoms with Crippen LogP contribution in [0.5, 0.6) is 0 Å². The Bertz CT molecular complexity index is 659. The molecule has 4 atom stereocenters. The van der Waals surface area contributed by atoms with Gasteiger partial charge in [0.25, 0.3) is 0 Å². The SMILES string of the molecule is C.C.C.C.CCOP(=O)(OCCOC(=O)C(C)O)OCCOP(=O)(OCC)OCCOC(=O)C(C)OC. The first-order valence-corrected chi connectivity index (χ1v) is 13.1. The summed E-state index contributed by atoms with van der Waals surface area (Å²) in [7, 11) is -6.68. The van der Waals surface area contributed by atoms with Crippen LogP contribution in [0.2, 0.25) is 0 Å². The number of phosphoric ester groups is 2. The van der Waals surface area contributed by atoms with Crippen molar-refractivity contribution in [2.75, 3.05) is 60.0 Å². The third kappa shape index (κ3) is 21.7. The third-order valence-corrected chi connectivity index (χ3v) is 6.48. The zero-order chi connectivity index (χ0) is 25.3. The Morgan fingerprint density at radius 3 is 1.27 bits per heavy atom. The predicted molar refractivity (Wildman–Crippen MR) is 139 cm³/mol. The van der Waals surface area contributed by atoms with Gasteiger partial charge < -0.3 is 19.3 Å². The molecule has 0 aliphatic heterocycles. The fourth-order valence-electron chi connectivity index (χ4n) is 1.75. The molecule has 14 nitrogen and oxygen atoms in total. The van der Waals surface area contributed by atoms with Gasteiger partial charge in [-0.1, -0.05) is 29.7 Å². The van der Waals surface area contributed by atoms with Crippen LogP contribution in [-0.4, -0.2) is 89.2 Å². The van der Waals surface area contributed by atoms with Crippen LogP contribution in [-0.2, 0) is 60.1 Å². The van der Waals surface area contributed by atoms with Crippen LogP contribution in [0.1, 0.15) is 57.4 Å². The first kappa shape index (κ1) is 46.0. The number of esters is 2. The smallest absolute Gasteiger partial charge is 0.461 e. The molecule has 0 spiro atoms. The number of hydrogen-bond donors (Lipinski definition) is 1. The lowest BCUT2D eigenvalue weighted by atomic mass is 10.4. The highest BCUT2D eigenvalue weighted by Crippen LogP contribution is 2.51. The third-order valence-electron chi connectivity index (χ3n) is 3.34. The fourth-order valence-corrected chi connectivity index (χ4v) is 4.03. The molecule has 0 heterocycles. The van der Waals surface area contributed by atoms with E-state index >= 15 is 0 Å². The molecule has 228 valence electrons. The summed E-state index contributed by atoms with van der Waals surface area (Å²) in [6.45, 7) is 4.03. The van der Waals surface area contributed by atoms with Crippen molar-refractivity contribution in [3.63, 3.8) is 0 Å². The van der Waals surface area contributed by atoms with Crippen LogP contribution in [0.4, 0.5) is 0 Å². The number of aliphatic hydroxyl groups excluding tert-OH is 1. The Labute approximate surface area is 222 Å². The van der Waals surface area contributed by atoms with Gasteiger partial charge in [0, 0.05) is 7.11 Å². The molecule has 0 saturated heterocycles. The second-order valence-corrected chi connectivity index (χ2v) is 9.29. The molecule has 0 aromatic carbocycles. The first-order valence-electron chi connectivity index (χ1n) is 10.1. The Kier molecular flexibility index (Phi) is 31.5. The van der Waals surface area contributed by atoms with Gasteiger partial charge in [0.2, 0.25) is 0 Å². The molecule has 1 N–H and O–H groups in total. The molecule has 0 amide bonds. The highest BCUT2D eigenvalue weighted by Gasteiger charge is 2.29. The van der Waals surface area contributed by atoms with Gasteiger partial charge in [-0.2, -0.15) is 0 Å². The van der Waals surface area contributed by atoms with Crippen molar-refractivity contribution in [2.45, 2.75) is 69.6 Å². The van der Waals surface area contributed by atoms with Gasteiger partial charge >= 0.3 is 27.6 Å². The van der Waals surface area contributed by atoms with Gasteiger partial charge in [0.1, 0.15) is 19.3 Å².